The molecule has 0 amide bonds. The lowest BCUT2D eigenvalue weighted by Crippen LogP contribution is -2.29. The Balaban J connectivity index is 1.70. The van der Waals surface area contributed by atoms with E-state index in [2.05, 4.69) is 6.07 Å². The SMILES string of the molecule is CN(Cc1cc2ccccc2o1)C[C@]1(C#N)C[C@H]1S(C)(=O)=O. The number of furan rings is 1. The molecular formula is C16H18N2O3S. The molecule has 2 atom stereocenters. The van der Waals surface area contributed by atoms with Crippen LogP contribution in [-0.2, 0) is 16.4 Å². The van der Waals surface area contributed by atoms with Gasteiger partial charge in [-0.05, 0) is 25.6 Å². The summed E-state index contributed by atoms with van der Waals surface area (Å²) < 4.78 is 29.0. The van der Waals surface area contributed by atoms with Crippen molar-refractivity contribution in [2.24, 2.45) is 5.41 Å². The zero-order chi connectivity index (χ0) is 16.0. The van der Waals surface area contributed by atoms with E-state index in [1.165, 1.54) is 6.26 Å². The molecule has 1 aromatic heterocycles. The number of sulfone groups is 1. The third-order valence-corrected chi connectivity index (χ3v) is 5.85. The van der Waals surface area contributed by atoms with Crippen LogP contribution >= 0.6 is 0 Å². The third-order valence-electron chi connectivity index (χ3n) is 4.20. The Kier molecular flexibility index (Phi) is 3.50. The summed E-state index contributed by atoms with van der Waals surface area (Å²) in [4.78, 5) is 1.95. The Morgan fingerprint density at radius 3 is 2.77 bits per heavy atom. The Morgan fingerprint density at radius 2 is 2.18 bits per heavy atom. The molecular weight excluding hydrogens is 300 g/mol. The zero-order valence-electron chi connectivity index (χ0n) is 12.6. The molecule has 1 aliphatic carbocycles. The molecule has 0 radical (unpaired) electrons. The van der Waals surface area contributed by atoms with Gasteiger partial charge in [-0.3, -0.25) is 4.90 Å². The highest BCUT2D eigenvalue weighted by Crippen LogP contribution is 2.50. The maximum Gasteiger partial charge on any atom is 0.151 e. The van der Waals surface area contributed by atoms with Gasteiger partial charge in [0.15, 0.2) is 9.84 Å². The van der Waals surface area contributed by atoms with Gasteiger partial charge in [0.05, 0.1) is 23.3 Å². The number of benzene rings is 1. The number of nitrogens with zero attached hydrogens (tertiary/aromatic N) is 2. The second-order valence-electron chi connectivity index (χ2n) is 6.21. The molecule has 2 aromatic rings. The minimum absolute atomic E-state index is 0.423. The smallest absolute Gasteiger partial charge is 0.151 e. The quantitative estimate of drug-likeness (QED) is 0.845. The summed E-state index contributed by atoms with van der Waals surface area (Å²) in [5.74, 6) is 0.813. The van der Waals surface area contributed by atoms with Crippen LogP contribution in [0.3, 0.4) is 0 Å². The van der Waals surface area contributed by atoms with E-state index in [1.807, 2.05) is 42.3 Å². The van der Waals surface area contributed by atoms with Crippen molar-refractivity contribution in [1.82, 2.24) is 4.90 Å². The maximum atomic E-state index is 11.6. The van der Waals surface area contributed by atoms with Gasteiger partial charge in [-0.25, -0.2) is 8.42 Å². The molecule has 1 aliphatic rings. The van der Waals surface area contributed by atoms with Crippen molar-refractivity contribution in [3.05, 3.63) is 36.1 Å². The van der Waals surface area contributed by atoms with Crippen molar-refractivity contribution in [3.63, 3.8) is 0 Å². The first-order valence-corrected chi connectivity index (χ1v) is 9.06. The van der Waals surface area contributed by atoms with Crippen molar-refractivity contribution in [1.29, 1.82) is 5.26 Å². The number of rotatable bonds is 5. The second kappa shape index (κ2) is 5.11. The van der Waals surface area contributed by atoms with E-state index in [0.29, 0.717) is 19.5 Å². The highest BCUT2D eigenvalue weighted by Gasteiger charge is 2.61. The zero-order valence-corrected chi connectivity index (χ0v) is 13.4. The molecule has 0 N–H and O–H groups in total. The molecule has 1 fully saturated rings. The standard InChI is InChI=1S/C16H18N2O3S/c1-18(11-16(10-17)8-15(16)22(2,19)20)9-13-7-12-5-3-4-6-14(12)21-13/h3-7,15H,8-9,11H2,1-2H3/t15-,16-/m1/s1. The molecule has 3 rings (SSSR count). The number of fused-ring (bicyclic) bond motifs is 1. The summed E-state index contributed by atoms with van der Waals surface area (Å²) in [5.41, 5.74) is 0.0651. The molecule has 0 saturated heterocycles. The van der Waals surface area contributed by atoms with E-state index in [0.717, 1.165) is 16.7 Å². The Bertz CT molecular complexity index is 817. The predicted octanol–water partition coefficient (Wildman–Crippen LogP) is 2.19. The maximum absolute atomic E-state index is 11.6. The fourth-order valence-corrected chi connectivity index (χ4v) is 4.62. The summed E-state index contributed by atoms with van der Waals surface area (Å²) in [5, 5.41) is 9.86. The molecule has 6 heteroatoms. The van der Waals surface area contributed by atoms with Gasteiger partial charge >= 0.3 is 0 Å². The van der Waals surface area contributed by atoms with E-state index in [4.69, 9.17) is 4.42 Å². The van der Waals surface area contributed by atoms with Gasteiger partial charge < -0.3 is 4.42 Å². The first-order valence-electron chi connectivity index (χ1n) is 7.10. The van der Waals surface area contributed by atoms with Crippen LogP contribution in [0.5, 0.6) is 0 Å². The van der Waals surface area contributed by atoms with Gasteiger partial charge in [0.1, 0.15) is 11.3 Å². The molecule has 1 aromatic carbocycles. The molecule has 0 unspecified atom stereocenters. The van der Waals surface area contributed by atoms with Crippen LogP contribution < -0.4 is 0 Å². The molecule has 22 heavy (non-hydrogen) atoms. The van der Waals surface area contributed by atoms with Crippen LogP contribution in [0.15, 0.2) is 34.7 Å². The lowest BCUT2D eigenvalue weighted by atomic mass is 10.1. The molecule has 116 valence electrons. The van der Waals surface area contributed by atoms with Gasteiger partial charge in [-0.2, -0.15) is 5.26 Å². The average Bonchev–Trinajstić information content (AvgIpc) is 3.03. The highest BCUT2D eigenvalue weighted by molar-refractivity contribution is 7.91. The molecule has 1 saturated carbocycles. The molecule has 0 bridgehead atoms. The largest absolute Gasteiger partial charge is 0.460 e. The van der Waals surface area contributed by atoms with Crippen LogP contribution in [-0.4, -0.2) is 38.4 Å². The minimum atomic E-state index is -3.16. The van der Waals surface area contributed by atoms with Crippen molar-refractivity contribution in [3.8, 4) is 6.07 Å². The summed E-state index contributed by atoms with van der Waals surface area (Å²) in [7, 11) is -1.28. The Morgan fingerprint density at radius 1 is 1.45 bits per heavy atom. The van der Waals surface area contributed by atoms with Gasteiger partial charge in [0, 0.05) is 18.2 Å². The van der Waals surface area contributed by atoms with Crippen LogP contribution in [0.25, 0.3) is 11.0 Å². The number of para-hydroxylation sites is 1. The molecule has 5 nitrogen and oxygen atoms in total. The van der Waals surface area contributed by atoms with Crippen molar-refractivity contribution in [2.45, 2.75) is 18.2 Å². The number of nitriles is 1. The fraction of sp³-hybridized carbons (Fsp3) is 0.438. The van der Waals surface area contributed by atoms with E-state index >= 15 is 0 Å². The van der Waals surface area contributed by atoms with E-state index in [1.54, 1.807) is 0 Å². The molecule has 1 heterocycles. The molecule has 0 spiro atoms. The Hall–Kier alpha value is -1.84. The summed E-state index contributed by atoms with van der Waals surface area (Å²) in [6.45, 7) is 0.979. The topological polar surface area (TPSA) is 74.3 Å². The van der Waals surface area contributed by atoms with Crippen molar-refractivity contribution in [2.75, 3.05) is 19.8 Å². The van der Waals surface area contributed by atoms with Gasteiger partial charge in [-0.1, -0.05) is 18.2 Å². The first kappa shape index (κ1) is 15.1. The lowest BCUT2D eigenvalue weighted by molar-refractivity contribution is 0.266. The highest BCUT2D eigenvalue weighted by atomic mass is 32.2. The number of hydrogen-bond acceptors (Lipinski definition) is 5. The van der Waals surface area contributed by atoms with Crippen LogP contribution in [0, 0.1) is 16.7 Å². The van der Waals surface area contributed by atoms with Crippen LogP contribution in [0.2, 0.25) is 0 Å². The Labute approximate surface area is 130 Å². The minimum Gasteiger partial charge on any atom is -0.460 e. The van der Waals surface area contributed by atoms with Crippen molar-refractivity contribution < 1.29 is 12.8 Å². The summed E-state index contributed by atoms with van der Waals surface area (Å²) >= 11 is 0. The molecule has 0 aliphatic heterocycles. The van der Waals surface area contributed by atoms with Crippen LogP contribution in [0.1, 0.15) is 12.2 Å². The third kappa shape index (κ3) is 2.74. The van der Waals surface area contributed by atoms with Gasteiger partial charge in [-0.15, -0.1) is 0 Å². The second-order valence-corrected chi connectivity index (χ2v) is 8.44. The van der Waals surface area contributed by atoms with Crippen LogP contribution in [0.4, 0.5) is 0 Å². The average molecular weight is 318 g/mol. The normalized spacial score (nSPS) is 24.5. The summed E-state index contributed by atoms with van der Waals surface area (Å²) in [6, 6.07) is 12.0. The van der Waals surface area contributed by atoms with Crippen molar-refractivity contribution >= 4 is 20.8 Å². The fourth-order valence-electron chi connectivity index (χ4n) is 3.07. The summed E-state index contributed by atoms with van der Waals surface area (Å²) in [6.07, 6.45) is 1.63. The van der Waals surface area contributed by atoms with Gasteiger partial charge in [0.25, 0.3) is 0 Å². The monoisotopic (exact) mass is 318 g/mol. The van der Waals surface area contributed by atoms with Gasteiger partial charge in [0.2, 0.25) is 0 Å². The number of hydrogen-bond donors (Lipinski definition) is 0. The van der Waals surface area contributed by atoms with E-state index in [-0.39, 0.29) is 0 Å². The van der Waals surface area contributed by atoms with E-state index in [9.17, 15) is 13.7 Å². The predicted molar refractivity (Wildman–Crippen MR) is 83.8 cm³/mol. The lowest BCUT2D eigenvalue weighted by Gasteiger charge is -2.18. The van der Waals surface area contributed by atoms with E-state index < -0.39 is 20.5 Å². The first-order chi connectivity index (χ1) is 10.3.